The summed E-state index contributed by atoms with van der Waals surface area (Å²) in [5, 5.41) is 0. The fraction of sp³-hybridized carbons (Fsp3) is 0.0714. The van der Waals surface area contributed by atoms with Gasteiger partial charge in [-0.15, -0.1) is 0 Å². The van der Waals surface area contributed by atoms with Gasteiger partial charge >= 0.3 is 0 Å². The molecule has 0 bridgehead atoms. The van der Waals surface area contributed by atoms with Crippen LogP contribution in [-0.2, 0) is 10.8 Å². The van der Waals surface area contributed by atoms with Gasteiger partial charge in [0.05, 0.1) is 0 Å². The Morgan fingerprint density at radius 1 is 0.293 bits per heavy atom. The monoisotopic (exact) mass is 1180 g/mol. The van der Waals surface area contributed by atoms with Crippen LogP contribution < -0.4 is 61.9 Å². The Labute approximate surface area is 537 Å². The third kappa shape index (κ3) is 7.46. The number of rotatable bonds is 8. The number of anilines is 12. The van der Waals surface area contributed by atoms with Crippen LogP contribution in [0.15, 0.2) is 291 Å². The van der Waals surface area contributed by atoms with Gasteiger partial charge in [-0.3, -0.25) is 0 Å². The molecule has 0 unspecified atom stereocenters. The van der Waals surface area contributed by atoms with Crippen molar-refractivity contribution in [1.29, 1.82) is 0 Å². The summed E-state index contributed by atoms with van der Waals surface area (Å²) in [6.45, 7) is 9.36. The standard InChI is InChI=1S/C84H60B2N4O2/c1-83(2)65-47-59(87(53-27-11-5-12-28-53)54-29-13-6-14-30-54)43-45-61(65)63-49-75-79-81(77(63)83)89(57-35-19-9-20-36-57)71-41-25-23-39-67(71)85(79)69-51-70-74(52-73(69)91-75)92-76-50-64-62-46-44-60(88(55-31-15-7-16-32-55)56-33-17-8-18-34-56)48-66(62)84(3,4)78(64)82-80(76)86(70)68-40-24-26-42-72(68)90(82)58-37-21-10-22-38-58/h5-52H,1-4H3. The van der Waals surface area contributed by atoms with E-state index in [4.69, 9.17) is 9.47 Å². The summed E-state index contributed by atoms with van der Waals surface area (Å²) in [5.41, 5.74) is 29.7. The van der Waals surface area contributed by atoms with Crippen molar-refractivity contribution >= 4 is 114 Å². The number of benzene rings is 13. The molecule has 13 aromatic carbocycles. The summed E-state index contributed by atoms with van der Waals surface area (Å²) in [6.07, 6.45) is 0. The molecule has 92 heavy (non-hydrogen) atoms. The highest BCUT2D eigenvalue weighted by Crippen LogP contribution is 2.60. The predicted octanol–water partition coefficient (Wildman–Crippen LogP) is 18.0. The van der Waals surface area contributed by atoms with Crippen LogP contribution in [0.1, 0.15) is 49.9 Å². The molecule has 4 heterocycles. The minimum Gasteiger partial charge on any atom is -0.458 e. The van der Waals surface area contributed by atoms with Crippen molar-refractivity contribution in [2.45, 2.75) is 38.5 Å². The number of ether oxygens (including phenoxy) is 2. The van der Waals surface area contributed by atoms with Gasteiger partial charge < -0.3 is 29.1 Å². The highest BCUT2D eigenvalue weighted by atomic mass is 16.5. The second-order valence-electron chi connectivity index (χ2n) is 26.3. The Balaban J connectivity index is 0.817. The van der Waals surface area contributed by atoms with E-state index < -0.39 is 10.8 Å². The number of fused-ring (bicyclic) bond motifs is 16. The SMILES string of the molecule is CC1(C)c2cc(N(c3ccccc3)c3ccccc3)ccc2-c2cc3c4c(c21)N(c1ccccc1)c1ccccc1B4c1cc2c(cc1O3)Oc1cc3c(c4c1B2c1ccccc1N4c1ccccc1)C(C)(C)c1cc(N(c2ccccc2)c2ccccc2)ccc1-3. The average molecular weight is 1180 g/mol. The molecular weight excluding hydrogens is 1120 g/mol. The Hall–Kier alpha value is -11.2. The van der Waals surface area contributed by atoms with Crippen molar-refractivity contribution in [2.24, 2.45) is 0 Å². The van der Waals surface area contributed by atoms with Crippen LogP contribution in [0.3, 0.4) is 0 Å². The molecule has 6 aliphatic rings. The second-order valence-corrected chi connectivity index (χ2v) is 26.3. The van der Waals surface area contributed by atoms with E-state index in [0.29, 0.717) is 0 Å². The molecule has 0 spiro atoms. The summed E-state index contributed by atoms with van der Waals surface area (Å²) in [7, 11) is 0. The lowest BCUT2D eigenvalue weighted by molar-refractivity contribution is 0.465. The maximum absolute atomic E-state index is 7.63. The zero-order valence-corrected chi connectivity index (χ0v) is 51.5. The maximum atomic E-state index is 7.63. The van der Waals surface area contributed by atoms with E-state index >= 15 is 0 Å². The lowest BCUT2D eigenvalue weighted by Gasteiger charge is -2.44. The van der Waals surface area contributed by atoms with Gasteiger partial charge in [0.2, 0.25) is 0 Å². The Kier molecular flexibility index (Phi) is 11.3. The number of nitrogens with zero attached hydrogens (tertiary/aromatic N) is 4. The average Bonchev–Trinajstić information content (AvgIpc) is 1.29. The first-order valence-electron chi connectivity index (χ1n) is 32.1. The predicted molar refractivity (Wildman–Crippen MR) is 383 cm³/mol. The van der Waals surface area contributed by atoms with E-state index in [-0.39, 0.29) is 13.4 Å². The Morgan fingerprint density at radius 3 is 1.00 bits per heavy atom. The topological polar surface area (TPSA) is 31.4 Å². The van der Waals surface area contributed by atoms with Gasteiger partial charge in [-0.2, -0.15) is 0 Å². The molecule has 0 fully saturated rings. The summed E-state index contributed by atoms with van der Waals surface area (Å²) in [4.78, 5) is 9.83. The van der Waals surface area contributed by atoms with Crippen molar-refractivity contribution in [3.05, 3.63) is 313 Å². The molecule has 8 heteroatoms. The minimum atomic E-state index is -0.438. The minimum absolute atomic E-state index is 0.174. The van der Waals surface area contributed by atoms with Gasteiger partial charge in [-0.1, -0.05) is 191 Å². The van der Waals surface area contributed by atoms with Crippen molar-refractivity contribution in [2.75, 3.05) is 19.6 Å². The van der Waals surface area contributed by atoms with Crippen LogP contribution in [-0.4, -0.2) is 13.4 Å². The van der Waals surface area contributed by atoms with Gasteiger partial charge in [0.25, 0.3) is 13.4 Å². The molecule has 0 saturated carbocycles. The molecule has 0 atom stereocenters. The largest absolute Gasteiger partial charge is 0.458 e. The van der Waals surface area contributed by atoms with Crippen LogP contribution in [0.5, 0.6) is 23.0 Å². The van der Waals surface area contributed by atoms with E-state index in [1.54, 1.807) is 0 Å². The Bertz CT molecular complexity index is 4800. The van der Waals surface area contributed by atoms with Gasteiger partial charge in [0.15, 0.2) is 0 Å². The first kappa shape index (κ1) is 52.7. The molecule has 0 saturated heterocycles. The first-order valence-corrected chi connectivity index (χ1v) is 32.1. The van der Waals surface area contributed by atoms with Crippen LogP contribution in [0.2, 0.25) is 0 Å². The highest BCUT2D eigenvalue weighted by molar-refractivity contribution is 7.02. The van der Waals surface area contributed by atoms with E-state index in [1.807, 2.05) is 0 Å². The third-order valence-electron chi connectivity index (χ3n) is 20.6. The van der Waals surface area contributed by atoms with Crippen molar-refractivity contribution in [3.63, 3.8) is 0 Å². The lowest BCUT2D eigenvalue weighted by Crippen LogP contribution is -2.63. The van der Waals surface area contributed by atoms with Crippen LogP contribution in [0.4, 0.5) is 68.2 Å². The van der Waals surface area contributed by atoms with E-state index in [2.05, 4.69) is 338 Å². The van der Waals surface area contributed by atoms with E-state index in [9.17, 15) is 0 Å². The number of hydrogen-bond donors (Lipinski definition) is 0. The number of hydrogen-bond acceptors (Lipinski definition) is 6. The van der Waals surface area contributed by atoms with Gasteiger partial charge in [-0.05, 0) is 199 Å². The lowest BCUT2D eigenvalue weighted by atomic mass is 9.30. The molecule has 2 aliphatic carbocycles. The van der Waals surface area contributed by atoms with Gasteiger partial charge in [0.1, 0.15) is 23.0 Å². The fourth-order valence-electron chi connectivity index (χ4n) is 16.7. The van der Waals surface area contributed by atoms with Crippen molar-refractivity contribution in [1.82, 2.24) is 0 Å². The molecule has 0 radical (unpaired) electrons. The van der Waals surface area contributed by atoms with Gasteiger partial charge in [0, 0.05) is 85.1 Å². The smallest absolute Gasteiger partial charge is 0.256 e. The fourth-order valence-corrected chi connectivity index (χ4v) is 16.7. The molecule has 0 aromatic heterocycles. The molecule has 434 valence electrons. The summed E-state index contributed by atoms with van der Waals surface area (Å²) >= 11 is 0. The maximum Gasteiger partial charge on any atom is 0.256 e. The Morgan fingerprint density at radius 2 is 0.630 bits per heavy atom. The normalized spacial score (nSPS) is 14.6. The summed E-state index contributed by atoms with van der Waals surface area (Å²) in [5.74, 6) is 3.35. The molecule has 6 nitrogen and oxygen atoms in total. The molecule has 0 amide bonds. The molecular formula is C84H60B2N4O2. The molecule has 13 aromatic rings. The summed E-state index contributed by atoms with van der Waals surface area (Å²) < 4.78 is 15.3. The van der Waals surface area contributed by atoms with Crippen LogP contribution in [0.25, 0.3) is 22.3 Å². The van der Waals surface area contributed by atoms with Crippen molar-refractivity contribution in [3.8, 4) is 45.3 Å². The zero-order chi connectivity index (χ0) is 61.1. The quantitative estimate of drug-likeness (QED) is 0.141. The second kappa shape index (κ2) is 19.6. The first-order chi connectivity index (χ1) is 45.2. The van der Waals surface area contributed by atoms with Crippen molar-refractivity contribution < 1.29 is 9.47 Å². The van der Waals surface area contributed by atoms with Gasteiger partial charge in [-0.25, -0.2) is 0 Å². The molecule has 19 rings (SSSR count). The number of para-hydroxylation sites is 8. The van der Waals surface area contributed by atoms with E-state index in [1.165, 1.54) is 77.7 Å². The summed E-state index contributed by atoms with van der Waals surface area (Å²) in [6, 6.07) is 107. The van der Waals surface area contributed by atoms with Crippen LogP contribution in [0, 0.1) is 0 Å². The van der Waals surface area contributed by atoms with Crippen LogP contribution >= 0.6 is 0 Å². The third-order valence-corrected chi connectivity index (χ3v) is 20.6. The molecule has 4 aliphatic heterocycles. The highest BCUT2D eigenvalue weighted by Gasteiger charge is 2.52. The zero-order valence-electron chi connectivity index (χ0n) is 51.5. The van der Waals surface area contributed by atoms with E-state index in [0.717, 1.165) is 90.8 Å². The molecule has 0 N–H and O–H groups in total.